The fourth-order valence-electron chi connectivity index (χ4n) is 4.30. The summed E-state index contributed by atoms with van der Waals surface area (Å²) in [6.07, 6.45) is 6.71. The van der Waals surface area contributed by atoms with Crippen LogP contribution in [0.3, 0.4) is 0 Å². The Bertz CT molecular complexity index is 1050. The van der Waals surface area contributed by atoms with E-state index >= 15 is 0 Å². The van der Waals surface area contributed by atoms with E-state index in [2.05, 4.69) is 41.3 Å². The van der Waals surface area contributed by atoms with Crippen molar-refractivity contribution in [1.29, 1.82) is 0 Å². The molecule has 0 unspecified atom stereocenters. The Morgan fingerprint density at radius 3 is 2.50 bits per heavy atom. The number of methoxy groups -OCH3 is 1. The van der Waals surface area contributed by atoms with Crippen molar-refractivity contribution in [3.63, 3.8) is 0 Å². The summed E-state index contributed by atoms with van der Waals surface area (Å²) in [6, 6.07) is 15.9. The topological polar surface area (TPSA) is 48.8 Å². The van der Waals surface area contributed by atoms with Crippen LogP contribution in [0.15, 0.2) is 60.9 Å². The van der Waals surface area contributed by atoms with Crippen LogP contribution in [0.25, 0.3) is 0 Å². The van der Waals surface area contributed by atoms with Gasteiger partial charge in [0.1, 0.15) is 23.7 Å². The second-order valence-electron chi connectivity index (χ2n) is 9.04. The fraction of sp³-hybridized carbons (Fsp3) is 0.444. The number of halogens is 1. The summed E-state index contributed by atoms with van der Waals surface area (Å²) in [6.45, 7) is 6.94. The summed E-state index contributed by atoms with van der Waals surface area (Å²) in [5.74, 6) is 1.70. The van der Waals surface area contributed by atoms with Crippen LogP contribution in [0.5, 0.6) is 11.5 Å². The van der Waals surface area contributed by atoms with Gasteiger partial charge < -0.3 is 14.2 Å². The van der Waals surface area contributed by atoms with Gasteiger partial charge in [-0.1, -0.05) is 29.8 Å². The Morgan fingerprint density at radius 2 is 1.79 bits per heavy atom. The Kier molecular flexibility index (Phi) is 8.48. The van der Waals surface area contributed by atoms with Gasteiger partial charge in [-0.15, -0.1) is 0 Å². The number of ether oxygens (including phenoxy) is 3. The monoisotopic (exact) mass is 483 g/mol. The molecule has 34 heavy (non-hydrogen) atoms. The van der Waals surface area contributed by atoms with Gasteiger partial charge in [0, 0.05) is 50.9 Å². The van der Waals surface area contributed by atoms with E-state index in [1.165, 1.54) is 11.1 Å². The molecule has 0 bridgehead atoms. The highest BCUT2D eigenvalue weighted by Crippen LogP contribution is 2.29. The predicted octanol–water partition coefficient (Wildman–Crippen LogP) is 5.37. The SMILES string of the molecule is COC1(COc2cccc(Cl)c2)CCN(Cc2cccc(OCCCn3cc(C)cn3)c2)CC1. The second-order valence-corrected chi connectivity index (χ2v) is 9.48. The molecule has 2 aromatic carbocycles. The number of nitrogens with zero attached hydrogens (tertiary/aromatic N) is 3. The van der Waals surface area contributed by atoms with E-state index in [9.17, 15) is 0 Å². The first kappa shape index (κ1) is 24.6. The summed E-state index contributed by atoms with van der Waals surface area (Å²) in [4.78, 5) is 2.47. The average Bonchev–Trinajstić information content (AvgIpc) is 3.27. The van der Waals surface area contributed by atoms with Crippen LogP contribution in [0.2, 0.25) is 5.02 Å². The first-order valence-corrected chi connectivity index (χ1v) is 12.3. The molecule has 1 saturated heterocycles. The van der Waals surface area contributed by atoms with Gasteiger partial charge in [-0.2, -0.15) is 5.10 Å². The van der Waals surface area contributed by atoms with Crippen molar-refractivity contribution in [3.05, 3.63) is 77.1 Å². The molecule has 4 rings (SSSR count). The lowest BCUT2D eigenvalue weighted by atomic mass is 9.91. The molecule has 0 N–H and O–H groups in total. The van der Waals surface area contributed by atoms with Crippen LogP contribution in [-0.2, 0) is 17.8 Å². The van der Waals surface area contributed by atoms with Crippen molar-refractivity contribution in [1.82, 2.24) is 14.7 Å². The molecule has 1 fully saturated rings. The highest BCUT2D eigenvalue weighted by molar-refractivity contribution is 6.30. The smallest absolute Gasteiger partial charge is 0.120 e. The summed E-state index contributed by atoms with van der Waals surface area (Å²) in [7, 11) is 1.78. The minimum absolute atomic E-state index is 0.267. The van der Waals surface area contributed by atoms with Crippen LogP contribution in [0.1, 0.15) is 30.4 Å². The Labute approximate surface area is 207 Å². The molecule has 0 atom stereocenters. The first-order valence-electron chi connectivity index (χ1n) is 11.9. The van der Waals surface area contributed by atoms with E-state index in [-0.39, 0.29) is 5.60 Å². The number of rotatable bonds is 11. The van der Waals surface area contributed by atoms with Crippen LogP contribution in [0.4, 0.5) is 0 Å². The largest absolute Gasteiger partial charge is 0.494 e. The van der Waals surface area contributed by atoms with Gasteiger partial charge in [-0.3, -0.25) is 9.58 Å². The van der Waals surface area contributed by atoms with Crippen molar-refractivity contribution >= 4 is 11.6 Å². The lowest BCUT2D eigenvalue weighted by molar-refractivity contribution is -0.0839. The van der Waals surface area contributed by atoms with Crippen LogP contribution >= 0.6 is 11.6 Å². The third-order valence-corrected chi connectivity index (χ3v) is 6.60. The van der Waals surface area contributed by atoms with Gasteiger partial charge >= 0.3 is 0 Å². The van der Waals surface area contributed by atoms with Gasteiger partial charge in [-0.05, 0) is 61.2 Å². The molecule has 1 aliphatic rings. The molecule has 6 nitrogen and oxygen atoms in total. The minimum Gasteiger partial charge on any atom is -0.494 e. The first-order chi connectivity index (χ1) is 16.5. The zero-order chi connectivity index (χ0) is 23.8. The predicted molar refractivity (Wildman–Crippen MR) is 135 cm³/mol. The zero-order valence-electron chi connectivity index (χ0n) is 20.1. The number of aryl methyl sites for hydroxylation is 2. The fourth-order valence-corrected chi connectivity index (χ4v) is 4.48. The molecule has 0 spiro atoms. The molecule has 3 aromatic rings. The van der Waals surface area contributed by atoms with Gasteiger partial charge in [-0.25, -0.2) is 0 Å². The zero-order valence-corrected chi connectivity index (χ0v) is 20.8. The molecule has 7 heteroatoms. The maximum absolute atomic E-state index is 6.07. The third-order valence-electron chi connectivity index (χ3n) is 6.37. The summed E-state index contributed by atoms with van der Waals surface area (Å²) < 4.78 is 19.9. The van der Waals surface area contributed by atoms with E-state index in [0.29, 0.717) is 18.2 Å². The van der Waals surface area contributed by atoms with E-state index < -0.39 is 0 Å². The summed E-state index contributed by atoms with van der Waals surface area (Å²) in [5, 5.41) is 5.00. The lowest BCUT2D eigenvalue weighted by Gasteiger charge is -2.40. The number of hydrogen-bond donors (Lipinski definition) is 0. The van der Waals surface area contributed by atoms with Crippen LogP contribution in [0, 0.1) is 6.92 Å². The van der Waals surface area contributed by atoms with E-state index in [0.717, 1.165) is 56.9 Å². The quantitative estimate of drug-likeness (QED) is 0.343. The van der Waals surface area contributed by atoms with Crippen LogP contribution < -0.4 is 9.47 Å². The summed E-state index contributed by atoms with van der Waals surface area (Å²) >= 11 is 6.07. The molecule has 0 aliphatic carbocycles. The lowest BCUT2D eigenvalue weighted by Crippen LogP contribution is -2.48. The third kappa shape index (κ3) is 6.98. The number of aromatic nitrogens is 2. The van der Waals surface area contributed by atoms with Gasteiger partial charge in [0.15, 0.2) is 0 Å². The van der Waals surface area contributed by atoms with Crippen molar-refractivity contribution in [2.24, 2.45) is 0 Å². The van der Waals surface area contributed by atoms with Crippen molar-refractivity contribution in [3.8, 4) is 11.5 Å². The van der Waals surface area contributed by atoms with E-state index in [1.807, 2.05) is 41.2 Å². The molecule has 1 aromatic heterocycles. The average molecular weight is 484 g/mol. The molecule has 1 aliphatic heterocycles. The summed E-state index contributed by atoms with van der Waals surface area (Å²) in [5.41, 5.74) is 2.18. The van der Waals surface area contributed by atoms with Crippen molar-refractivity contribution in [2.45, 2.75) is 44.9 Å². The van der Waals surface area contributed by atoms with Crippen LogP contribution in [-0.4, -0.2) is 53.7 Å². The molecule has 0 radical (unpaired) electrons. The molecule has 0 saturated carbocycles. The Morgan fingerprint density at radius 1 is 1.03 bits per heavy atom. The number of piperidine rings is 1. The van der Waals surface area contributed by atoms with E-state index in [4.69, 9.17) is 25.8 Å². The highest BCUT2D eigenvalue weighted by Gasteiger charge is 2.35. The maximum Gasteiger partial charge on any atom is 0.120 e. The molecular weight excluding hydrogens is 450 g/mol. The minimum atomic E-state index is -0.267. The molecule has 182 valence electrons. The van der Waals surface area contributed by atoms with Crippen molar-refractivity contribution in [2.75, 3.05) is 33.4 Å². The van der Waals surface area contributed by atoms with Crippen molar-refractivity contribution < 1.29 is 14.2 Å². The van der Waals surface area contributed by atoms with Gasteiger partial charge in [0.25, 0.3) is 0 Å². The number of likely N-dealkylation sites (tertiary alicyclic amines) is 1. The van der Waals surface area contributed by atoms with E-state index in [1.54, 1.807) is 7.11 Å². The van der Waals surface area contributed by atoms with Gasteiger partial charge in [0.05, 0.1) is 12.8 Å². The number of benzene rings is 2. The molecule has 0 amide bonds. The molecule has 2 heterocycles. The van der Waals surface area contributed by atoms with Gasteiger partial charge in [0.2, 0.25) is 0 Å². The second kappa shape index (κ2) is 11.7. The number of hydrogen-bond acceptors (Lipinski definition) is 5. The molecular formula is C27H34ClN3O3. The highest BCUT2D eigenvalue weighted by atomic mass is 35.5. The Hall–Kier alpha value is -2.54. The standard InChI is InChI=1S/C27H34ClN3O3/c1-22-18-29-31(19-22)12-5-15-33-25-8-3-6-23(16-25)20-30-13-10-27(32-2,11-14-30)21-34-26-9-4-7-24(28)17-26/h3-4,6-9,16-19H,5,10-15,20-21H2,1-2H3. The normalized spacial score (nSPS) is 15.9. The maximum atomic E-state index is 6.07. The Balaban J connectivity index is 1.22.